The number of nitrogens with zero attached hydrogens (tertiary/aromatic N) is 5. The topological polar surface area (TPSA) is 174 Å². The number of pyridine rings is 1. The molecular weight excluding hydrogens is 842 g/mol. The van der Waals surface area contributed by atoms with E-state index >= 15 is 0 Å². The Hall–Kier alpha value is -5.97. The van der Waals surface area contributed by atoms with Gasteiger partial charge >= 0.3 is 0 Å². The number of Topliss-reactive ketones (excluding diaryl/α,β-unsaturated/α-hetero) is 1. The number of carbonyl (C=O) groups excluding carboxylic acids is 2. The van der Waals surface area contributed by atoms with E-state index in [9.17, 15) is 9.59 Å². The van der Waals surface area contributed by atoms with Crippen molar-refractivity contribution in [1.29, 1.82) is 0 Å². The lowest BCUT2D eigenvalue weighted by atomic mass is 9.99. The number of hydrogen-bond donors (Lipinski definition) is 2. The van der Waals surface area contributed by atoms with E-state index in [2.05, 4.69) is 34.3 Å². The average Bonchev–Trinajstić information content (AvgIpc) is 3.91. The summed E-state index contributed by atoms with van der Waals surface area (Å²) in [5.41, 5.74) is 14.5. The first-order valence-electron chi connectivity index (χ1n) is 20.8. The molecule has 0 unspecified atom stereocenters. The maximum atomic E-state index is 13.5. The molecule has 0 spiro atoms. The van der Waals surface area contributed by atoms with Crippen LogP contribution in [0.25, 0.3) is 16.1 Å². The summed E-state index contributed by atoms with van der Waals surface area (Å²) in [4.78, 5) is 36.0. The van der Waals surface area contributed by atoms with Gasteiger partial charge in [0.2, 0.25) is 5.91 Å². The van der Waals surface area contributed by atoms with Crippen LogP contribution in [0.5, 0.6) is 11.5 Å². The number of nitrogens with one attached hydrogen (secondary N) is 1. The zero-order valence-electron chi connectivity index (χ0n) is 35.3. The second-order valence-electron chi connectivity index (χ2n) is 15.2. The molecule has 16 heteroatoms. The fourth-order valence-corrected chi connectivity index (χ4v) is 8.82. The van der Waals surface area contributed by atoms with E-state index < -0.39 is 6.04 Å². The molecule has 14 nitrogen and oxygen atoms in total. The predicted molar refractivity (Wildman–Crippen MR) is 243 cm³/mol. The lowest BCUT2D eigenvalue weighted by Gasteiger charge is -2.13. The summed E-state index contributed by atoms with van der Waals surface area (Å²) in [6.07, 6.45) is 2.75. The summed E-state index contributed by atoms with van der Waals surface area (Å²) in [7, 11) is 0. The van der Waals surface area contributed by atoms with Crippen LogP contribution in [0.15, 0.2) is 84.0 Å². The Kier molecular flexibility index (Phi) is 13.9. The number of ketones is 1. The first-order valence-corrected chi connectivity index (χ1v) is 21.9. The van der Waals surface area contributed by atoms with Crippen molar-refractivity contribution in [2.45, 2.75) is 46.1 Å². The SMILES string of the molecule is Cc1sc2c(c1C)C(c1ccc(Cl)cc1)=N[C@@H](CC(=O)Nc1ccc(OCCOCCOCCOCCOc3cc(-c4ccc5c(c4)CC(=O)C5)cnc3N)cc1)c1nnc(C)n1-2. The molecule has 3 aromatic carbocycles. The minimum atomic E-state index is -0.574. The largest absolute Gasteiger partial charge is 0.491 e. The van der Waals surface area contributed by atoms with E-state index in [1.54, 1.807) is 41.8 Å². The van der Waals surface area contributed by atoms with Gasteiger partial charge in [-0.3, -0.25) is 19.1 Å². The fourth-order valence-electron chi connectivity index (χ4n) is 7.48. The molecule has 4 heterocycles. The van der Waals surface area contributed by atoms with Crippen molar-refractivity contribution in [1.82, 2.24) is 19.7 Å². The summed E-state index contributed by atoms with van der Waals surface area (Å²) >= 11 is 7.91. The number of ether oxygens (including phenoxy) is 5. The van der Waals surface area contributed by atoms with Crippen LogP contribution in [0, 0.1) is 20.8 Å². The van der Waals surface area contributed by atoms with Gasteiger partial charge in [0.25, 0.3) is 0 Å². The number of rotatable bonds is 19. The molecule has 1 aliphatic carbocycles. The number of aliphatic imine (C=N–C) groups is 1. The zero-order chi connectivity index (χ0) is 43.9. The van der Waals surface area contributed by atoms with E-state index in [4.69, 9.17) is 46.0 Å². The number of carbonyl (C=O) groups is 2. The molecule has 3 aromatic heterocycles. The fraction of sp³-hybridized carbons (Fsp3) is 0.319. The van der Waals surface area contributed by atoms with Crippen LogP contribution in [0.3, 0.4) is 0 Å². The summed E-state index contributed by atoms with van der Waals surface area (Å²) in [5.74, 6) is 2.83. The van der Waals surface area contributed by atoms with Gasteiger partial charge in [-0.2, -0.15) is 0 Å². The van der Waals surface area contributed by atoms with Gasteiger partial charge < -0.3 is 34.7 Å². The lowest BCUT2D eigenvalue weighted by molar-refractivity contribution is -0.117. The number of aromatic nitrogens is 4. The average molecular weight is 890 g/mol. The highest BCUT2D eigenvalue weighted by Gasteiger charge is 2.32. The maximum absolute atomic E-state index is 13.5. The van der Waals surface area contributed by atoms with Crippen molar-refractivity contribution >= 4 is 51.8 Å². The van der Waals surface area contributed by atoms with Gasteiger partial charge in [-0.15, -0.1) is 21.5 Å². The molecule has 0 saturated heterocycles. The molecule has 1 atom stereocenters. The molecule has 3 N–H and O–H groups in total. The van der Waals surface area contributed by atoms with E-state index in [-0.39, 0.29) is 18.1 Å². The minimum Gasteiger partial charge on any atom is -0.491 e. The number of amides is 1. The van der Waals surface area contributed by atoms with Gasteiger partial charge in [-0.1, -0.05) is 41.9 Å². The molecule has 8 rings (SSSR count). The molecule has 326 valence electrons. The predicted octanol–water partition coefficient (Wildman–Crippen LogP) is 7.65. The molecule has 6 aromatic rings. The van der Waals surface area contributed by atoms with Crippen LogP contribution in [0.2, 0.25) is 5.02 Å². The number of thiophene rings is 1. The van der Waals surface area contributed by atoms with Gasteiger partial charge in [0, 0.05) is 51.3 Å². The lowest BCUT2D eigenvalue weighted by Crippen LogP contribution is -2.17. The summed E-state index contributed by atoms with van der Waals surface area (Å²) in [5, 5.41) is 13.5. The summed E-state index contributed by atoms with van der Waals surface area (Å²) < 4.78 is 30.6. The summed E-state index contributed by atoms with van der Waals surface area (Å²) in [6.45, 7) is 9.16. The van der Waals surface area contributed by atoms with Crippen LogP contribution in [-0.4, -0.2) is 90.0 Å². The van der Waals surface area contributed by atoms with Crippen LogP contribution in [0.4, 0.5) is 11.5 Å². The van der Waals surface area contributed by atoms with E-state index in [0.717, 1.165) is 55.5 Å². The first-order chi connectivity index (χ1) is 30.6. The van der Waals surface area contributed by atoms with Gasteiger partial charge in [-0.05, 0) is 85.5 Å². The molecule has 1 amide bonds. The Bertz CT molecular complexity index is 2630. The van der Waals surface area contributed by atoms with E-state index in [1.165, 1.54) is 4.88 Å². The van der Waals surface area contributed by atoms with Gasteiger partial charge in [0.15, 0.2) is 17.4 Å². The van der Waals surface area contributed by atoms with E-state index in [0.29, 0.717) is 99.5 Å². The molecule has 0 fully saturated rings. The number of benzene rings is 3. The Morgan fingerprint density at radius 3 is 2.21 bits per heavy atom. The molecule has 0 radical (unpaired) electrons. The molecule has 2 aliphatic rings. The molecular formula is C47H48ClN7O7S. The number of nitrogens with two attached hydrogens (primary N) is 1. The van der Waals surface area contributed by atoms with Gasteiger partial charge in [-0.25, -0.2) is 4.98 Å². The number of aryl methyl sites for hydroxylation is 2. The van der Waals surface area contributed by atoms with Crippen molar-refractivity contribution < 1.29 is 33.3 Å². The van der Waals surface area contributed by atoms with Crippen LogP contribution in [0.1, 0.15) is 56.8 Å². The Labute approximate surface area is 374 Å². The summed E-state index contributed by atoms with van der Waals surface area (Å²) in [6, 6.07) is 22.1. The van der Waals surface area contributed by atoms with Crippen molar-refractivity contribution in [3.05, 3.63) is 128 Å². The molecule has 1 aliphatic heterocycles. The number of halogens is 1. The van der Waals surface area contributed by atoms with Crippen LogP contribution < -0.4 is 20.5 Å². The number of fused-ring (bicyclic) bond motifs is 4. The molecule has 0 saturated carbocycles. The second-order valence-corrected chi connectivity index (χ2v) is 16.8. The first kappa shape index (κ1) is 43.7. The van der Waals surface area contributed by atoms with Crippen LogP contribution in [-0.2, 0) is 36.6 Å². The van der Waals surface area contributed by atoms with Gasteiger partial charge in [0.1, 0.15) is 41.6 Å². The Morgan fingerprint density at radius 2 is 1.48 bits per heavy atom. The molecule has 0 bridgehead atoms. The third-order valence-corrected chi connectivity index (χ3v) is 12.2. The maximum Gasteiger partial charge on any atom is 0.227 e. The third kappa shape index (κ3) is 10.5. The van der Waals surface area contributed by atoms with Gasteiger partial charge in [0.05, 0.1) is 51.8 Å². The Morgan fingerprint density at radius 1 is 0.810 bits per heavy atom. The number of anilines is 2. The van der Waals surface area contributed by atoms with Crippen molar-refractivity contribution in [3.63, 3.8) is 0 Å². The van der Waals surface area contributed by atoms with E-state index in [1.807, 2.05) is 60.0 Å². The second kappa shape index (κ2) is 20.0. The van der Waals surface area contributed by atoms with Crippen molar-refractivity contribution in [2.24, 2.45) is 4.99 Å². The quantitative estimate of drug-likeness (QED) is 0.0765. The minimum absolute atomic E-state index is 0.0664. The monoisotopic (exact) mass is 889 g/mol. The zero-order valence-corrected chi connectivity index (χ0v) is 36.9. The standard InChI is InChI=1S/C47H48ClN7O7S/c1-28-29(2)63-47-43(28)44(31-6-8-36(48)9-7-31)52-40(46-54-53-30(3)55(46)47)26-42(57)51-37-10-12-39(13-11-37)61-20-18-59-16-14-58-15-17-60-19-21-62-41-25-35(27-50-45(41)49)32-4-5-33-23-38(56)24-34(33)22-32/h4-13,22,25,27,40H,14-21,23-24,26H2,1-3H3,(H2,49,50)(H,51,57)/t40-/m0/s1. The highest BCUT2D eigenvalue weighted by atomic mass is 35.5. The normalized spacial score (nSPS) is 14.1. The van der Waals surface area contributed by atoms with Crippen molar-refractivity contribution in [3.8, 4) is 27.6 Å². The Balaban J connectivity index is 0.717. The smallest absolute Gasteiger partial charge is 0.227 e. The highest BCUT2D eigenvalue weighted by molar-refractivity contribution is 7.15. The highest BCUT2D eigenvalue weighted by Crippen LogP contribution is 2.40. The third-order valence-electron chi connectivity index (χ3n) is 10.8. The number of hydrogen-bond acceptors (Lipinski definition) is 13. The van der Waals surface area contributed by atoms with Crippen molar-refractivity contribution in [2.75, 3.05) is 63.9 Å². The van der Waals surface area contributed by atoms with Crippen LogP contribution >= 0.6 is 22.9 Å². The molecule has 63 heavy (non-hydrogen) atoms. The number of nitrogen functional groups attached to an aromatic ring is 1.